The fourth-order valence-electron chi connectivity index (χ4n) is 3.04. The summed E-state index contributed by atoms with van der Waals surface area (Å²) in [6.07, 6.45) is 5.76. The molecule has 0 saturated heterocycles. The van der Waals surface area contributed by atoms with Crippen LogP contribution in [0.5, 0.6) is 5.75 Å². The predicted molar refractivity (Wildman–Crippen MR) is 109 cm³/mol. The number of rotatable bonds is 8. The Bertz CT molecular complexity index is 952. The van der Waals surface area contributed by atoms with Crippen LogP contribution >= 0.6 is 11.8 Å². The molecule has 1 aliphatic rings. The van der Waals surface area contributed by atoms with Crippen molar-refractivity contribution in [1.82, 2.24) is 19.7 Å². The number of thioether (sulfide) groups is 1. The first-order valence-corrected chi connectivity index (χ1v) is 10.3. The number of aromatic nitrogens is 4. The van der Waals surface area contributed by atoms with Crippen LogP contribution in [0, 0.1) is 0 Å². The standard InChI is InChI=1S/C21H22N4O2S/c1-3-27-18-10-6-15(7-11-18)19(26)14(2)28-21-24-23-20(25(21)17-8-9-17)16-5-4-12-22-13-16/h4-7,10-14,17H,3,8-9H2,1-2H3/t14-/m0/s1. The lowest BCUT2D eigenvalue weighted by Gasteiger charge is -2.13. The monoisotopic (exact) mass is 394 g/mol. The van der Waals surface area contributed by atoms with E-state index in [4.69, 9.17) is 4.74 Å². The Hall–Kier alpha value is -2.67. The third-order valence-corrected chi connectivity index (χ3v) is 5.65. The Kier molecular flexibility index (Phi) is 5.43. The molecule has 0 N–H and O–H groups in total. The fraction of sp³-hybridized carbons (Fsp3) is 0.333. The minimum Gasteiger partial charge on any atom is -0.494 e. The number of ketones is 1. The molecule has 1 aromatic carbocycles. The summed E-state index contributed by atoms with van der Waals surface area (Å²) in [5.41, 5.74) is 1.62. The number of hydrogen-bond acceptors (Lipinski definition) is 6. The number of Topliss-reactive ketones (excluding diaryl/α,β-unsaturated/α-hetero) is 1. The molecule has 0 unspecified atom stereocenters. The van der Waals surface area contributed by atoms with E-state index in [0.717, 1.165) is 35.1 Å². The van der Waals surface area contributed by atoms with Crippen LogP contribution in [0.2, 0.25) is 0 Å². The van der Waals surface area contributed by atoms with E-state index in [0.29, 0.717) is 18.2 Å². The molecule has 0 radical (unpaired) electrons. The van der Waals surface area contributed by atoms with Crippen LogP contribution in [-0.4, -0.2) is 37.4 Å². The van der Waals surface area contributed by atoms with E-state index < -0.39 is 0 Å². The Morgan fingerprint density at radius 3 is 2.68 bits per heavy atom. The summed E-state index contributed by atoms with van der Waals surface area (Å²) >= 11 is 1.46. The molecule has 0 bridgehead atoms. The van der Waals surface area contributed by atoms with Gasteiger partial charge in [0.25, 0.3) is 0 Å². The molecule has 0 aliphatic heterocycles. The zero-order valence-corrected chi connectivity index (χ0v) is 16.7. The van der Waals surface area contributed by atoms with Crippen molar-refractivity contribution in [1.29, 1.82) is 0 Å². The van der Waals surface area contributed by atoms with Gasteiger partial charge >= 0.3 is 0 Å². The highest BCUT2D eigenvalue weighted by Crippen LogP contribution is 2.41. The van der Waals surface area contributed by atoms with E-state index in [1.807, 2.05) is 50.2 Å². The zero-order valence-electron chi connectivity index (χ0n) is 15.9. The van der Waals surface area contributed by atoms with Crippen LogP contribution in [0.15, 0.2) is 53.9 Å². The second kappa shape index (κ2) is 8.14. The van der Waals surface area contributed by atoms with Crippen LogP contribution in [0.1, 0.15) is 43.1 Å². The number of carbonyl (C=O) groups excluding carboxylic acids is 1. The molecule has 1 fully saturated rings. The summed E-state index contributed by atoms with van der Waals surface area (Å²) in [6.45, 7) is 4.46. The van der Waals surface area contributed by atoms with Crippen molar-refractivity contribution in [2.75, 3.05) is 6.61 Å². The van der Waals surface area contributed by atoms with Gasteiger partial charge < -0.3 is 4.74 Å². The molecule has 6 nitrogen and oxygen atoms in total. The quantitative estimate of drug-likeness (QED) is 0.416. The van der Waals surface area contributed by atoms with Gasteiger partial charge in [0.15, 0.2) is 16.8 Å². The number of benzene rings is 1. The van der Waals surface area contributed by atoms with Gasteiger partial charge in [-0.3, -0.25) is 14.3 Å². The number of hydrogen-bond donors (Lipinski definition) is 0. The van der Waals surface area contributed by atoms with Gasteiger partial charge in [0.2, 0.25) is 0 Å². The van der Waals surface area contributed by atoms with Crippen LogP contribution in [0.25, 0.3) is 11.4 Å². The van der Waals surface area contributed by atoms with Crippen LogP contribution in [-0.2, 0) is 0 Å². The van der Waals surface area contributed by atoms with Gasteiger partial charge in [-0.2, -0.15) is 0 Å². The van der Waals surface area contributed by atoms with Crippen molar-refractivity contribution >= 4 is 17.5 Å². The maximum Gasteiger partial charge on any atom is 0.192 e. The van der Waals surface area contributed by atoms with Gasteiger partial charge in [-0.1, -0.05) is 11.8 Å². The Balaban J connectivity index is 1.54. The minimum absolute atomic E-state index is 0.0707. The number of pyridine rings is 1. The van der Waals surface area contributed by atoms with Crippen molar-refractivity contribution in [2.24, 2.45) is 0 Å². The molecule has 1 atom stereocenters. The molecular weight excluding hydrogens is 372 g/mol. The lowest BCUT2D eigenvalue weighted by molar-refractivity contribution is 0.0994. The summed E-state index contributed by atoms with van der Waals surface area (Å²) in [4.78, 5) is 17.1. The largest absolute Gasteiger partial charge is 0.494 e. The molecular formula is C21H22N4O2S. The summed E-state index contributed by atoms with van der Waals surface area (Å²) < 4.78 is 7.60. The second-order valence-electron chi connectivity index (χ2n) is 6.73. The van der Waals surface area contributed by atoms with Crippen molar-refractivity contribution in [3.8, 4) is 17.1 Å². The van der Waals surface area contributed by atoms with Gasteiger partial charge in [0.05, 0.1) is 11.9 Å². The van der Waals surface area contributed by atoms with Crippen LogP contribution < -0.4 is 4.74 Å². The number of ether oxygens (including phenoxy) is 1. The normalized spacial score (nSPS) is 14.6. The highest BCUT2D eigenvalue weighted by atomic mass is 32.2. The SMILES string of the molecule is CCOc1ccc(C(=O)[C@H](C)Sc2nnc(-c3cccnc3)n2C2CC2)cc1. The van der Waals surface area contributed by atoms with Crippen molar-refractivity contribution in [3.63, 3.8) is 0 Å². The molecule has 0 amide bonds. The molecule has 4 rings (SSSR count). The van der Waals surface area contributed by atoms with Gasteiger partial charge in [-0.05, 0) is 63.1 Å². The van der Waals surface area contributed by atoms with Gasteiger partial charge in [0.1, 0.15) is 5.75 Å². The maximum absolute atomic E-state index is 12.9. The number of carbonyl (C=O) groups is 1. The topological polar surface area (TPSA) is 69.9 Å². The van der Waals surface area contributed by atoms with Crippen LogP contribution in [0.4, 0.5) is 0 Å². The molecule has 144 valence electrons. The fourth-order valence-corrected chi connectivity index (χ4v) is 4.04. The Labute approximate surface area is 168 Å². The summed E-state index contributed by atoms with van der Waals surface area (Å²) in [7, 11) is 0. The van der Waals surface area contributed by atoms with E-state index in [2.05, 4.69) is 19.7 Å². The van der Waals surface area contributed by atoms with E-state index in [1.54, 1.807) is 12.4 Å². The zero-order chi connectivity index (χ0) is 19.5. The highest BCUT2D eigenvalue weighted by Gasteiger charge is 2.31. The highest BCUT2D eigenvalue weighted by molar-refractivity contribution is 8.00. The van der Waals surface area contributed by atoms with E-state index in [1.165, 1.54) is 11.8 Å². The lowest BCUT2D eigenvalue weighted by atomic mass is 10.1. The Morgan fingerprint density at radius 1 is 1.25 bits per heavy atom. The van der Waals surface area contributed by atoms with Gasteiger partial charge in [0, 0.05) is 29.6 Å². The van der Waals surface area contributed by atoms with E-state index in [9.17, 15) is 4.79 Å². The van der Waals surface area contributed by atoms with Crippen LogP contribution in [0.3, 0.4) is 0 Å². The lowest BCUT2D eigenvalue weighted by Crippen LogP contribution is -2.14. The summed E-state index contributed by atoms with van der Waals surface area (Å²) in [6, 6.07) is 11.6. The maximum atomic E-state index is 12.9. The summed E-state index contributed by atoms with van der Waals surface area (Å²) in [5, 5.41) is 9.30. The molecule has 2 aromatic heterocycles. The van der Waals surface area contributed by atoms with E-state index >= 15 is 0 Å². The van der Waals surface area contributed by atoms with Crippen molar-refractivity contribution < 1.29 is 9.53 Å². The summed E-state index contributed by atoms with van der Waals surface area (Å²) in [5.74, 6) is 1.66. The smallest absolute Gasteiger partial charge is 0.192 e. The predicted octanol–water partition coefficient (Wildman–Crippen LogP) is 4.44. The van der Waals surface area contributed by atoms with Crippen molar-refractivity contribution in [2.45, 2.75) is 43.1 Å². The van der Waals surface area contributed by atoms with Gasteiger partial charge in [-0.25, -0.2) is 0 Å². The molecule has 1 aliphatic carbocycles. The molecule has 28 heavy (non-hydrogen) atoms. The first-order chi connectivity index (χ1) is 13.7. The average Bonchev–Trinajstić information content (AvgIpc) is 3.49. The Morgan fingerprint density at radius 2 is 2.04 bits per heavy atom. The minimum atomic E-state index is -0.263. The molecule has 7 heteroatoms. The molecule has 3 aromatic rings. The van der Waals surface area contributed by atoms with E-state index in [-0.39, 0.29) is 11.0 Å². The molecule has 1 saturated carbocycles. The first kappa shape index (κ1) is 18.7. The van der Waals surface area contributed by atoms with Crippen molar-refractivity contribution in [3.05, 3.63) is 54.4 Å². The van der Waals surface area contributed by atoms with Gasteiger partial charge in [-0.15, -0.1) is 10.2 Å². The third-order valence-electron chi connectivity index (χ3n) is 4.60. The molecule has 0 spiro atoms. The average molecular weight is 395 g/mol. The molecule has 2 heterocycles. The second-order valence-corrected chi connectivity index (χ2v) is 8.04. The number of nitrogens with zero attached hydrogens (tertiary/aromatic N) is 4. The third kappa shape index (κ3) is 3.94. The first-order valence-electron chi connectivity index (χ1n) is 9.46.